The smallest absolute Gasteiger partial charge is 0.303 e. The number of methoxy groups -OCH3 is 1. The van der Waals surface area contributed by atoms with Crippen molar-refractivity contribution in [1.29, 1.82) is 0 Å². The molecule has 114 valence electrons. The van der Waals surface area contributed by atoms with Crippen molar-refractivity contribution < 1.29 is 14.6 Å². The quantitative estimate of drug-likeness (QED) is 0.818. The number of likely N-dealkylation sites (N-methyl/N-ethyl adjacent to an activating group) is 1. The van der Waals surface area contributed by atoms with E-state index in [9.17, 15) is 4.79 Å². The molecule has 21 heavy (non-hydrogen) atoms. The van der Waals surface area contributed by atoms with Crippen LogP contribution in [0.5, 0.6) is 5.75 Å². The predicted molar refractivity (Wildman–Crippen MR) is 82.7 cm³/mol. The molecule has 1 aromatic carbocycles. The van der Waals surface area contributed by atoms with E-state index >= 15 is 0 Å². The fraction of sp³-hybridized carbons (Fsp3) is 0.471. The Bertz CT molecular complexity index is 513. The zero-order valence-electron chi connectivity index (χ0n) is 12.7. The van der Waals surface area contributed by atoms with Crippen molar-refractivity contribution in [3.8, 4) is 5.75 Å². The van der Waals surface area contributed by atoms with E-state index in [4.69, 9.17) is 9.84 Å². The van der Waals surface area contributed by atoms with Crippen LogP contribution in [0, 0.1) is 5.92 Å². The number of carbonyl (C=O) groups is 1. The maximum atomic E-state index is 10.6. The molecule has 1 heterocycles. The van der Waals surface area contributed by atoms with Gasteiger partial charge in [-0.1, -0.05) is 30.4 Å². The first-order valence-electron chi connectivity index (χ1n) is 7.31. The highest BCUT2D eigenvalue weighted by molar-refractivity contribution is 5.66. The number of benzene rings is 1. The van der Waals surface area contributed by atoms with Gasteiger partial charge in [-0.15, -0.1) is 0 Å². The van der Waals surface area contributed by atoms with Gasteiger partial charge in [-0.25, -0.2) is 0 Å². The second-order valence-corrected chi connectivity index (χ2v) is 5.59. The summed E-state index contributed by atoms with van der Waals surface area (Å²) in [7, 11) is 3.82. The van der Waals surface area contributed by atoms with Gasteiger partial charge in [0.2, 0.25) is 0 Å². The zero-order chi connectivity index (χ0) is 15.2. The molecule has 0 aliphatic carbocycles. The van der Waals surface area contributed by atoms with Gasteiger partial charge in [0.15, 0.2) is 0 Å². The molecule has 2 rings (SSSR count). The van der Waals surface area contributed by atoms with Crippen molar-refractivity contribution in [2.75, 3.05) is 27.2 Å². The highest BCUT2D eigenvalue weighted by Gasteiger charge is 2.31. The van der Waals surface area contributed by atoms with E-state index in [-0.39, 0.29) is 6.42 Å². The van der Waals surface area contributed by atoms with Crippen LogP contribution < -0.4 is 4.74 Å². The van der Waals surface area contributed by atoms with Crippen molar-refractivity contribution in [2.45, 2.75) is 18.8 Å². The molecule has 4 heteroatoms. The molecule has 4 nitrogen and oxygen atoms in total. The Balaban J connectivity index is 2.11. The number of likely N-dealkylation sites (tertiary alicyclic amines) is 1. The monoisotopic (exact) mass is 289 g/mol. The Morgan fingerprint density at radius 2 is 2.19 bits per heavy atom. The number of allylic oxidation sites excluding steroid dienone is 1. The lowest BCUT2D eigenvalue weighted by atomic mass is 9.88. The third-order valence-electron chi connectivity index (χ3n) is 3.99. The molecular formula is C17H23NO3. The minimum absolute atomic E-state index is 0.193. The summed E-state index contributed by atoms with van der Waals surface area (Å²) in [6, 6.07) is 8.15. The van der Waals surface area contributed by atoms with Crippen molar-refractivity contribution in [3.05, 3.63) is 42.0 Å². The van der Waals surface area contributed by atoms with Crippen molar-refractivity contribution in [1.82, 2.24) is 4.90 Å². The average Bonchev–Trinajstić information content (AvgIpc) is 2.84. The van der Waals surface area contributed by atoms with Crippen molar-refractivity contribution >= 4 is 5.97 Å². The zero-order valence-corrected chi connectivity index (χ0v) is 12.7. The molecule has 0 radical (unpaired) electrons. The van der Waals surface area contributed by atoms with E-state index in [0.29, 0.717) is 18.3 Å². The molecule has 0 bridgehead atoms. The van der Waals surface area contributed by atoms with Gasteiger partial charge in [0.1, 0.15) is 5.75 Å². The Labute approximate surface area is 126 Å². The summed E-state index contributed by atoms with van der Waals surface area (Å²) < 4.78 is 5.48. The van der Waals surface area contributed by atoms with E-state index in [1.165, 1.54) is 5.56 Å². The molecule has 1 aromatic rings. The first kappa shape index (κ1) is 15.6. The molecule has 0 unspecified atom stereocenters. The molecule has 1 aliphatic heterocycles. The lowest BCUT2D eigenvalue weighted by Gasteiger charge is -2.18. The van der Waals surface area contributed by atoms with Crippen LogP contribution in [-0.4, -0.2) is 43.2 Å². The lowest BCUT2D eigenvalue weighted by Crippen LogP contribution is -2.13. The van der Waals surface area contributed by atoms with E-state index in [0.717, 1.165) is 18.8 Å². The van der Waals surface area contributed by atoms with Gasteiger partial charge in [0.25, 0.3) is 0 Å². The number of hydrogen-bond donors (Lipinski definition) is 1. The third-order valence-corrected chi connectivity index (χ3v) is 3.99. The lowest BCUT2D eigenvalue weighted by molar-refractivity contribution is -0.136. The molecular weight excluding hydrogens is 266 g/mol. The first-order chi connectivity index (χ1) is 10.1. The summed E-state index contributed by atoms with van der Waals surface area (Å²) in [4.78, 5) is 12.9. The number of hydrogen-bond acceptors (Lipinski definition) is 3. The standard InChI is InChI=1S/C17H23NO3/c1-18-11-13(7-3-6-10-17(19)20)15(12-18)14-8-4-5-9-16(14)21-2/h3-5,7-9,13,15H,6,10-12H2,1-2H3,(H,19,20)/t13-,15-/m1/s1. The first-order valence-corrected chi connectivity index (χ1v) is 7.31. The van der Waals surface area contributed by atoms with Crippen molar-refractivity contribution in [2.24, 2.45) is 5.92 Å². The molecule has 1 saturated heterocycles. The van der Waals surface area contributed by atoms with Gasteiger partial charge in [-0.2, -0.15) is 0 Å². The molecule has 0 spiro atoms. The molecule has 0 aromatic heterocycles. The van der Waals surface area contributed by atoms with Crippen LogP contribution in [-0.2, 0) is 4.79 Å². The number of carboxylic acid groups (broad SMARTS) is 1. The minimum Gasteiger partial charge on any atom is -0.496 e. The number of aliphatic carboxylic acids is 1. The maximum absolute atomic E-state index is 10.6. The fourth-order valence-corrected chi connectivity index (χ4v) is 3.01. The van der Waals surface area contributed by atoms with Gasteiger partial charge in [-0.3, -0.25) is 4.79 Å². The van der Waals surface area contributed by atoms with Gasteiger partial charge in [0, 0.05) is 25.4 Å². The minimum atomic E-state index is -0.746. The Kier molecular flexibility index (Phi) is 5.39. The summed E-state index contributed by atoms with van der Waals surface area (Å²) in [5.74, 6) is 0.985. The number of rotatable bonds is 6. The number of nitrogens with zero attached hydrogens (tertiary/aromatic N) is 1. The van der Waals surface area contributed by atoms with Crippen LogP contribution in [0.25, 0.3) is 0 Å². The van der Waals surface area contributed by atoms with E-state index in [1.54, 1.807) is 7.11 Å². The SMILES string of the molecule is COc1ccccc1[C@@H]1CN(C)C[C@H]1C=CCCC(=O)O. The van der Waals surface area contributed by atoms with E-state index < -0.39 is 5.97 Å². The van der Waals surface area contributed by atoms with Crippen LogP contribution in [0.1, 0.15) is 24.3 Å². The maximum Gasteiger partial charge on any atom is 0.303 e. The van der Waals surface area contributed by atoms with Crippen LogP contribution in [0.15, 0.2) is 36.4 Å². The molecule has 1 aliphatic rings. The third kappa shape index (κ3) is 4.08. The van der Waals surface area contributed by atoms with Gasteiger partial charge < -0.3 is 14.7 Å². The normalized spacial score (nSPS) is 22.8. The largest absolute Gasteiger partial charge is 0.496 e. The predicted octanol–water partition coefficient (Wildman–Crippen LogP) is 2.76. The van der Waals surface area contributed by atoms with E-state index in [2.05, 4.69) is 24.1 Å². The highest BCUT2D eigenvalue weighted by Crippen LogP contribution is 2.37. The van der Waals surface area contributed by atoms with Crippen LogP contribution >= 0.6 is 0 Å². The second-order valence-electron chi connectivity index (χ2n) is 5.59. The second kappa shape index (κ2) is 7.27. The highest BCUT2D eigenvalue weighted by atomic mass is 16.5. The Morgan fingerprint density at radius 1 is 1.43 bits per heavy atom. The number of carboxylic acids is 1. The molecule has 2 atom stereocenters. The van der Waals surface area contributed by atoms with Crippen molar-refractivity contribution in [3.63, 3.8) is 0 Å². The van der Waals surface area contributed by atoms with Crippen LogP contribution in [0.2, 0.25) is 0 Å². The fourth-order valence-electron chi connectivity index (χ4n) is 3.01. The van der Waals surface area contributed by atoms with Gasteiger partial charge >= 0.3 is 5.97 Å². The summed E-state index contributed by atoms with van der Waals surface area (Å²) in [6.07, 6.45) is 4.95. The molecule has 0 amide bonds. The summed E-state index contributed by atoms with van der Waals surface area (Å²) in [5, 5.41) is 8.69. The van der Waals surface area contributed by atoms with Crippen LogP contribution in [0.3, 0.4) is 0 Å². The van der Waals surface area contributed by atoms with Gasteiger partial charge in [-0.05, 0) is 31.0 Å². The number of para-hydroxylation sites is 1. The Hall–Kier alpha value is -1.81. The van der Waals surface area contributed by atoms with Crippen LogP contribution in [0.4, 0.5) is 0 Å². The summed E-state index contributed by atoms with van der Waals surface area (Å²) in [6.45, 7) is 1.99. The molecule has 1 N–H and O–H groups in total. The van der Waals surface area contributed by atoms with Gasteiger partial charge in [0.05, 0.1) is 7.11 Å². The molecule has 1 fully saturated rings. The number of ether oxygens (including phenoxy) is 1. The Morgan fingerprint density at radius 3 is 2.90 bits per heavy atom. The molecule has 0 saturated carbocycles. The summed E-state index contributed by atoms with van der Waals surface area (Å²) >= 11 is 0. The summed E-state index contributed by atoms with van der Waals surface area (Å²) in [5.41, 5.74) is 1.23. The topological polar surface area (TPSA) is 49.8 Å². The average molecular weight is 289 g/mol. The van der Waals surface area contributed by atoms with E-state index in [1.807, 2.05) is 24.3 Å².